The van der Waals surface area contributed by atoms with Gasteiger partial charge in [-0.1, -0.05) is 45.8 Å². The Balaban J connectivity index is -0.00000392. The number of esters is 3. The van der Waals surface area contributed by atoms with Crippen LogP contribution in [0, 0.1) is 5.41 Å². The molecule has 0 heterocycles. The molecule has 11 heteroatoms. The van der Waals surface area contributed by atoms with Crippen LogP contribution < -0.4 is 18.9 Å². The van der Waals surface area contributed by atoms with Gasteiger partial charge in [0.25, 0.3) is 0 Å². The van der Waals surface area contributed by atoms with Crippen molar-refractivity contribution in [2.45, 2.75) is 65.1 Å². The van der Waals surface area contributed by atoms with Gasteiger partial charge in [0.15, 0.2) is 0 Å². The molecule has 0 bridgehead atoms. The van der Waals surface area contributed by atoms with E-state index in [4.69, 9.17) is 18.8 Å². The quantitative estimate of drug-likeness (QED) is 0.0960. The molecule has 9 nitrogen and oxygen atoms in total. The van der Waals surface area contributed by atoms with Gasteiger partial charge in [-0.2, -0.15) is 8.42 Å². The average Bonchev–Trinajstić information content (AvgIpc) is 2.65. The van der Waals surface area contributed by atoms with Gasteiger partial charge in [0.2, 0.25) is 5.94 Å². The molecule has 168 valence electrons. The topological polar surface area (TPSA) is 133 Å². The van der Waals surface area contributed by atoms with Gasteiger partial charge in [-0.05, 0) is 20.3 Å². The summed E-state index contributed by atoms with van der Waals surface area (Å²) >= 11 is 0. The fourth-order valence-corrected chi connectivity index (χ4v) is 3.19. The number of rotatable bonds is 14. The van der Waals surface area contributed by atoms with Crippen LogP contribution in [0.1, 0.15) is 54.3 Å². The first-order chi connectivity index (χ1) is 13.4. The Kier molecular flexibility index (Phi) is 14.7. The molecule has 0 saturated heterocycles. The predicted octanol–water partition coefficient (Wildman–Crippen LogP) is -0.316. The zero-order chi connectivity index (χ0) is 22.7. The normalized spacial score (nSPS) is 14.8. The number of carbonyl (C=O) groups excluding carboxylic acids is 3. The fourth-order valence-electron chi connectivity index (χ4n) is 2.93. The maximum Gasteiger partial charge on any atom is 1.00 e. The van der Waals surface area contributed by atoms with Crippen molar-refractivity contribution in [3.8, 4) is 0 Å². The first-order valence-corrected chi connectivity index (χ1v) is 10.8. The van der Waals surface area contributed by atoms with Crippen molar-refractivity contribution < 1.29 is 61.9 Å². The molecule has 0 fully saturated rings. The van der Waals surface area contributed by atoms with Crippen molar-refractivity contribution in [1.82, 2.24) is 0 Å². The Bertz CT molecular complexity index is 681. The molecule has 0 amide bonds. The third-order valence-electron chi connectivity index (χ3n) is 4.53. The summed E-state index contributed by atoms with van der Waals surface area (Å²) in [5.41, 5.74) is -1.71. The summed E-state index contributed by atoms with van der Waals surface area (Å²) < 4.78 is 46.2. The third kappa shape index (κ3) is 9.94. The van der Waals surface area contributed by atoms with E-state index in [2.05, 4.69) is 13.2 Å². The molecule has 0 aromatic heterocycles. The molecule has 30 heavy (non-hydrogen) atoms. The summed E-state index contributed by atoms with van der Waals surface area (Å²) in [5.74, 6) is -4.01. The molecule has 0 aliphatic carbocycles. The minimum absolute atomic E-state index is 0. The minimum Gasteiger partial charge on any atom is -1.00 e. The average molecular weight is 442 g/mol. The second-order valence-corrected chi connectivity index (χ2v) is 7.95. The van der Waals surface area contributed by atoms with Crippen molar-refractivity contribution in [1.29, 1.82) is 0 Å². The zero-order valence-electron chi connectivity index (χ0n) is 19.1. The molecule has 0 aromatic rings. The van der Waals surface area contributed by atoms with Crippen molar-refractivity contribution >= 4 is 28.0 Å². The van der Waals surface area contributed by atoms with E-state index in [0.717, 1.165) is 31.4 Å². The number of hydrogen-bond donors (Lipinski definition) is 1. The fraction of sp³-hybridized carbons (Fsp3) is 0.632. The molecule has 0 aliphatic rings. The maximum absolute atomic E-state index is 13.0. The summed E-state index contributed by atoms with van der Waals surface area (Å²) in [6.07, 6.45) is 2.58. The number of ether oxygens (including phenoxy) is 3. The molecule has 0 spiro atoms. The number of unbranched alkanes of at least 4 members (excludes halogenated alkanes) is 3. The third-order valence-corrected chi connectivity index (χ3v) is 4.95. The predicted molar refractivity (Wildman–Crippen MR) is 106 cm³/mol. The van der Waals surface area contributed by atoms with Gasteiger partial charge in [0.05, 0.1) is 0 Å². The number of carbonyl (C=O) groups is 3. The van der Waals surface area contributed by atoms with Gasteiger partial charge in [-0.3, -0.25) is 9.35 Å². The monoisotopic (exact) mass is 442 g/mol. The van der Waals surface area contributed by atoms with Crippen molar-refractivity contribution in [2.24, 2.45) is 5.41 Å². The zero-order valence-corrected chi connectivity index (χ0v) is 18.9. The van der Waals surface area contributed by atoms with Crippen LogP contribution in [-0.2, 0) is 38.7 Å². The van der Waals surface area contributed by atoms with E-state index in [0.29, 0.717) is 6.42 Å². The molecular formula is C19H31LiO9S. The van der Waals surface area contributed by atoms with Gasteiger partial charge in [0.1, 0.15) is 17.6 Å². The molecule has 0 aromatic carbocycles. The summed E-state index contributed by atoms with van der Waals surface area (Å²) in [7, 11) is -4.61. The van der Waals surface area contributed by atoms with Crippen LogP contribution in [0.5, 0.6) is 0 Å². The van der Waals surface area contributed by atoms with E-state index in [9.17, 15) is 22.8 Å². The Morgan fingerprint density at radius 1 is 1.03 bits per heavy atom. The Morgan fingerprint density at radius 3 is 1.87 bits per heavy atom. The first-order valence-electron chi connectivity index (χ1n) is 9.23. The van der Waals surface area contributed by atoms with Gasteiger partial charge in [0, 0.05) is 12.2 Å². The van der Waals surface area contributed by atoms with Gasteiger partial charge >= 0.3 is 46.9 Å². The summed E-state index contributed by atoms with van der Waals surface area (Å²) in [6.45, 7) is 11.4. The Morgan fingerprint density at radius 2 is 1.50 bits per heavy atom. The van der Waals surface area contributed by atoms with Crippen molar-refractivity contribution in [3.05, 3.63) is 25.3 Å². The van der Waals surface area contributed by atoms with E-state index in [1.54, 1.807) is 0 Å². The van der Waals surface area contributed by atoms with E-state index in [-0.39, 0.29) is 26.7 Å². The van der Waals surface area contributed by atoms with Gasteiger partial charge < -0.3 is 15.6 Å². The standard InChI is InChI=1S/C19H30O9S.Li.H/c1-6-9-10-11-12-19(14(4)27-16(20)7-2,15(5)28-17(21)8-3)18(22)26-13-29(23,24)25;;/h7-8,14-15H,2-3,6,9-13H2,1,4-5H3,(H,23,24,25);;/q;+1;-1. The van der Waals surface area contributed by atoms with Crippen molar-refractivity contribution in [3.63, 3.8) is 0 Å². The molecule has 0 saturated carbocycles. The molecule has 0 radical (unpaired) electrons. The van der Waals surface area contributed by atoms with Crippen LogP contribution in [0.15, 0.2) is 25.3 Å². The van der Waals surface area contributed by atoms with Crippen LogP contribution in [0.4, 0.5) is 0 Å². The number of hydrogen-bond acceptors (Lipinski definition) is 8. The minimum atomic E-state index is -4.61. The molecule has 2 unspecified atom stereocenters. The van der Waals surface area contributed by atoms with E-state index >= 15 is 0 Å². The smallest absolute Gasteiger partial charge is 1.00 e. The van der Waals surface area contributed by atoms with Crippen LogP contribution in [0.2, 0.25) is 0 Å². The molecular weight excluding hydrogens is 411 g/mol. The summed E-state index contributed by atoms with van der Waals surface area (Å²) in [5, 5.41) is 0. The van der Waals surface area contributed by atoms with Gasteiger partial charge in [-0.25, -0.2) is 9.59 Å². The van der Waals surface area contributed by atoms with E-state index in [1.165, 1.54) is 13.8 Å². The molecule has 0 aliphatic heterocycles. The Labute approximate surface area is 191 Å². The SMILES string of the molecule is C=CC(=O)OC(C)C(CCCCCC)(C(=O)OCS(=O)(=O)O)C(C)OC(=O)C=C.[H-].[Li+]. The summed E-state index contributed by atoms with van der Waals surface area (Å²) in [6, 6.07) is 0. The van der Waals surface area contributed by atoms with Crippen LogP contribution in [-0.4, -0.2) is 49.0 Å². The first kappa shape index (κ1) is 30.6. The molecule has 1 N–H and O–H groups in total. The van der Waals surface area contributed by atoms with Crippen LogP contribution in [0.25, 0.3) is 0 Å². The van der Waals surface area contributed by atoms with Gasteiger partial charge in [-0.15, -0.1) is 0 Å². The largest absolute Gasteiger partial charge is 1.00 e. The molecule has 0 rings (SSSR count). The Hall–Kier alpha value is -1.60. The maximum atomic E-state index is 13.0. The second kappa shape index (κ2) is 14.4. The van der Waals surface area contributed by atoms with Crippen LogP contribution in [0.3, 0.4) is 0 Å². The second-order valence-electron chi connectivity index (χ2n) is 6.55. The van der Waals surface area contributed by atoms with Crippen molar-refractivity contribution in [2.75, 3.05) is 5.94 Å². The summed E-state index contributed by atoms with van der Waals surface area (Å²) in [4.78, 5) is 36.4. The van der Waals surface area contributed by atoms with E-state index in [1.807, 2.05) is 6.92 Å². The molecule has 2 atom stereocenters. The van der Waals surface area contributed by atoms with Crippen LogP contribution >= 0.6 is 0 Å². The van der Waals surface area contributed by atoms with E-state index < -0.39 is 51.6 Å².